The van der Waals surface area contributed by atoms with Crippen LogP contribution in [0.1, 0.15) is 33.1 Å². The molecule has 0 atom stereocenters. The van der Waals surface area contributed by atoms with Gasteiger partial charge in [0.1, 0.15) is 5.82 Å². The average molecular weight is 313 g/mol. The quantitative estimate of drug-likeness (QED) is 0.669. The molecule has 0 bridgehead atoms. The van der Waals surface area contributed by atoms with Gasteiger partial charge in [-0.2, -0.15) is 10.2 Å². The maximum atomic E-state index is 12.1. The Hall–Kier alpha value is -3.16. The zero-order valence-electron chi connectivity index (χ0n) is 12.6. The summed E-state index contributed by atoms with van der Waals surface area (Å²) in [5, 5.41) is 22.6. The number of aromatic nitrogens is 5. The van der Waals surface area contributed by atoms with E-state index in [2.05, 4.69) is 20.4 Å². The summed E-state index contributed by atoms with van der Waals surface area (Å²) in [5.41, 5.74) is 2.85. The second-order valence-electron chi connectivity index (χ2n) is 5.23. The Morgan fingerprint density at radius 2 is 2.04 bits per heavy atom. The van der Waals surface area contributed by atoms with Crippen LogP contribution in [0.4, 0.5) is 0 Å². The van der Waals surface area contributed by atoms with Crippen molar-refractivity contribution in [2.75, 3.05) is 0 Å². The third-order valence-corrected chi connectivity index (χ3v) is 3.71. The molecular formula is C15H15N5O3. The number of carboxylic acid groups (broad SMARTS) is 1. The summed E-state index contributed by atoms with van der Waals surface area (Å²) in [5.74, 6) is -0.559. The monoisotopic (exact) mass is 313 g/mol. The summed E-state index contributed by atoms with van der Waals surface area (Å²) in [6.07, 6.45) is 0.407. The van der Waals surface area contributed by atoms with Gasteiger partial charge < -0.3 is 5.11 Å². The van der Waals surface area contributed by atoms with E-state index in [1.807, 2.05) is 13.8 Å². The topological polar surface area (TPSA) is 117 Å². The Balaban J connectivity index is 2.08. The fourth-order valence-electron chi connectivity index (χ4n) is 2.49. The molecule has 0 spiro atoms. The number of carboxylic acids is 1. The van der Waals surface area contributed by atoms with Gasteiger partial charge in [0, 0.05) is 17.7 Å². The van der Waals surface area contributed by atoms with Crippen molar-refractivity contribution in [3.63, 3.8) is 0 Å². The lowest BCUT2D eigenvalue weighted by molar-refractivity contribution is 0.0697. The highest BCUT2D eigenvalue weighted by Crippen LogP contribution is 2.16. The molecule has 0 saturated heterocycles. The van der Waals surface area contributed by atoms with Crippen LogP contribution in [-0.2, 0) is 6.42 Å². The smallest absolute Gasteiger partial charge is 0.347 e. The number of aromatic carboxylic acids is 1. The molecule has 0 aliphatic heterocycles. The van der Waals surface area contributed by atoms with Gasteiger partial charge >= 0.3 is 11.7 Å². The van der Waals surface area contributed by atoms with E-state index in [0.717, 1.165) is 17.0 Å². The number of nitrogens with zero attached hydrogens (tertiary/aromatic N) is 3. The summed E-state index contributed by atoms with van der Waals surface area (Å²) in [7, 11) is 0. The van der Waals surface area contributed by atoms with Gasteiger partial charge in [-0.15, -0.1) is 0 Å². The number of aromatic amines is 2. The summed E-state index contributed by atoms with van der Waals surface area (Å²) < 4.78 is 1.37. The van der Waals surface area contributed by atoms with E-state index in [-0.39, 0.29) is 5.56 Å². The van der Waals surface area contributed by atoms with Gasteiger partial charge in [-0.1, -0.05) is 6.07 Å². The molecule has 0 aliphatic rings. The van der Waals surface area contributed by atoms with Crippen LogP contribution >= 0.6 is 0 Å². The van der Waals surface area contributed by atoms with E-state index >= 15 is 0 Å². The summed E-state index contributed by atoms with van der Waals surface area (Å²) in [6.45, 7) is 3.77. The summed E-state index contributed by atoms with van der Waals surface area (Å²) in [6, 6.07) is 6.18. The maximum Gasteiger partial charge on any atom is 0.347 e. The van der Waals surface area contributed by atoms with Crippen molar-refractivity contribution in [3.8, 4) is 5.69 Å². The standard InChI is InChI=1S/C15H15N5O3/c1-8-12(9(2)17-16-8)7-13-18-19-15(23)20(13)11-5-3-4-10(6-11)14(21)22/h3-6H,7H2,1-2H3,(H,16,17)(H,19,23)(H,21,22). The van der Waals surface area contributed by atoms with Gasteiger partial charge in [0.25, 0.3) is 0 Å². The molecule has 0 fully saturated rings. The minimum atomic E-state index is -1.05. The van der Waals surface area contributed by atoms with Crippen LogP contribution in [0.2, 0.25) is 0 Å². The zero-order valence-corrected chi connectivity index (χ0v) is 12.6. The number of hydrogen-bond donors (Lipinski definition) is 3. The van der Waals surface area contributed by atoms with Crippen LogP contribution in [0, 0.1) is 13.8 Å². The Bertz CT molecular complexity index is 915. The lowest BCUT2D eigenvalue weighted by atomic mass is 10.1. The van der Waals surface area contributed by atoms with Crippen molar-refractivity contribution in [1.82, 2.24) is 25.0 Å². The minimum absolute atomic E-state index is 0.109. The van der Waals surface area contributed by atoms with Crippen LogP contribution in [0.25, 0.3) is 5.69 Å². The van der Waals surface area contributed by atoms with E-state index in [1.165, 1.54) is 16.7 Å². The molecule has 23 heavy (non-hydrogen) atoms. The van der Waals surface area contributed by atoms with Crippen LogP contribution in [0.5, 0.6) is 0 Å². The molecule has 3 rings (SSSR count). The normalized spacial score (nSPS) is 10.9. The first-order valence-electron chi connectivity index (χ1n) is 6.98. The summed E-state index contributed by atoms with van der Waals surface area (Å²) >= 11 is 0. The third-order valence-electron chi connectivity index (χ3n) is 3.71. The molecule has 3 aromatic rings. The Morgan fingerprint density at radius 1 is 1.26 bits per heavy atom. The van der Waals surface area contributed by atoms with Gasteiger partial charge in [0.2, 0.25) is 0 Å². The maximum absolute atomic E-state index is 12.1. The van der Waals surface area contributed by atoms with Gasteiger partial charge in [-0.05, 0) is 32.0 Å². The van der Waals surface area contributed by atoms with Crippen LogP contribution in [-0.4, -0.2) is 36.0 Å². The molecule has 0 amide bonds. The van der Waals surface area contributed by atoms with E-state index in [1.54, 1.807) is 12.1 Å². The van der Waals surface area contributed by atoms with E-state index in [0.29, 0.717) is 17.9 Å². The van der Waals surface area contributed by atoms with Crippen LogP contribution in [0.15, 0.2) is 29.1 Å². The fourth-order valence-corrected chi connectivity index (χ4v) is 2.49. The number of nitrogens with one attached hydrogen (secondary N) is 2. The highest BCUT2D eigenvalue weighted by atomic mass is 16.4. The highest BCUT2D eigenvalue weighted by Gasteiger charge is 2.16. The number of H-pyrrole nitrogens is 2. The van der Waals surface area contributed by atoms with Gasteiger partial charge in [0.05, 0.1) is 16.9 Å². The molecule has 1 aromatic carbocycles. The van der Waals surface area contributed by atoms with E-state index in [9.17, 15) is 9.59 Å². The molecule has 2 aromatic heterocycles. The predicted molar refractivity (Wildman–Crippen MR) is 82.0 cm³/mol. The lowest BCUT2D eigenvalue weighted by Gasteiger charge is -2.07. The molecule has 118 valence electrons. The van der Waals surface area contributed by atoms with Crippen molar-refractivity contribution in [1.29, 1.82) is 0 Å². The molecule has 8 nitrogen and oxygen atoms in total. The highest BCUT2D eigenvalue weighted by molar-refractivity contribution is 5.88. The second-order valence-corrected chi connectivity index (χ2v) is 5.23. The first kappa shape index (κ1) is 14.8. The van der Waals surface area contributed by atoms with Crippen LogP contribution in [0.3, 0.4) is 0 Å². The summed E-state index contributed by atoms with van der Waals surface area (Å²) in [4.78, 5) is 23.2. The van der Waals surface area contributed by atoms with Crippen molar-refractivity contribution < 1.29 is 9.90 Å². The minimum Gasteiger partial charge on any atom is -0.478 e. The third kappa shape index (κ3) is 2.66. The Kier molecular flexibility index (Phi) is 3.57. The van der Waals surface area contributed by atoms with E-state index < -0.39 is 11.7 Å². The fraction of sp³-hybridized carbons (Fsp3) is 0.200. The zero-order chi connectivity index (χ0) is 16.6. The number of benzene rings is 1. The lowest BCUT2D eigenvalue weighted by Crippen LogP contribution is -2.17. The molecule has 0 saturated carbocycles. The molecule has 8 heteroatoms. The molecule has 0 unspecified atom stereocenters. The predicted octanol–water partition coefficient (Wildman–Crippen LogP) is 1.19. The van der Waals surface area contributed by atoms with Crippen molar-refractivity contribution in [2.24, 2.45) is 0 Å². The number of rotatable bonds is 4. The second kappa shape index (κ2) is 5.56. The number of aryl methyl sites for hydroxylation is 2. The molecule has 2 heterocycles. The van der Waals surface area contributed by atoms with Gasteiger partial charge in [-0.3, -0.25) is 5.10 Å². The SMILES string of the molecule is Cc1n[nH]c(C)c1Cc1n[nH]c(=O)n1-c1cccc(C(=O)O)c1. The van der Waals surface area contributed by atoms with Crippen LogP contribution < -0.4 is 5.69 Å². The molecular weight excluding hydrogens is 298 g/mol. The average Bonchev–Trinajstić information content (AvgIpc) is 3.04. The number of carbonyl (C=O) groups is 1. The van der Waals surface area contributed by atoms with Crippen molar-refractivity contribution >= 4 is 5.97 Å². The Morgan fingerprint density at radius 3 is 2.70 bits per heavy atom. The van der Waals surface area contributed by atoms with E-state index in [4.69, 9.17) is 5.11 Å². The first-order chi connectivity index (χ1) is 11.0. The molecule has 3 N–H and O–H groups in total. The first-order valence-corrected chi connectivity index (χ1v) is 6.98. The van der Waals surface area contributed by atoms with Crippen molar-refractivity contribution in [2.45, 2.75) is 20.3 Å². The largest absolute Gasteiger partial charge is 0.478 e. The molecule has 0 radical (unpaired) electrons. The van der Waals surface area contributed by atoms with Crippen molar-refractivity contribution in [3.05, 3.63) is 63.1 Å². The Labute approximate surface area is 130 Å². The van der Waals surface area contributed by atoms with Gasteiger partial charge in [-0.25, -0.2) is 19.3 Å². The molecule has 0 aliphatic carbocycles. The number of hydrogen-bond acceptors (Lipinski definition) is 4. The van der Waals surface area contributed by atoms with Gasteiger partial charge in [0.15, 0.2) is 0 Å².